The molecule has 5 nitrogen and oxygen atoms in total. The van der Waals surface area contributed by atoms with E-state index in [4.69, 9.17) is 5.11 Å². The van der Waals surface area contributed by atoms with E-state index in [2.05, 4.69) is 26.6 Å². The van der Waals surface area contributed by atoms with Gasteiger partial charge in [-0.15, -0.1) is 0 Å². The Kier molecular flexibility index (Phi) is 5.56. The fraction of sp³-hybridized carbons (Fsp3) is 0.429. The van der Waals surface area contributed by atoms with E-state index in [9.17, 15) is 9.59 Å². The van der Waals surface area contributed by atoms with Crippen LogP contribution in [0.4, 0.5) is 10.5 Å². The molecule has 0 unspecified atom stereocenters. The summed E-state index contributed by atoms with van der Waals surface area (Å²) in [5.41, 5.74) is -0.0258. The lowest BCUT2D eigenvalue weighted by molar-refractivity contribution is 0.0698. The molecule has 0 saturated heterocycles. The van der Waals surface area contributed by atoms with Crippen LogP contribution in [-0.2, 0) is 0 Å². The van der Waals surface area contributed by atoms with E-state index in [0.29, 0.717) is 4.47 Å². The van der Waals surface area contributed by atoms with Crippen LogP contribution in [0, 0.1) is 0 Å². The van der Waals surface area contributed by atoms with Crippen molar-refractivity contribution < 1.29 is 14.7 Å². The summed E-state index contributed by atoms with van der Waals surface area (Å²) >= 11 is 3.26. The van der Waals surface area contributed by atoms with Crippen molar-refractivity contribution >= 4 is 33.6 Å². The van der Waals surface area contributed by atoms with Gasteiger partial charge in [0.25, 0.3) is 0 Å². The molecule has 1 aromatic rings. The largest absolute Gasteiger partial charge is 0.478 e. The summed E-state index contributed by atoms with van der Waals surface area (Å²) in [5.74, 6) is -1.08. The highest BCUT2D eigenvalue weighted by atomic mass is 79.9. The number of benzene rings is 1. The van der Waals surface area contributed by atoms with Gasteiger partial charge in [-0.2, -0.15) is 0 Å². The van der Waals surface area contributed by atoms with Gasteiger partial charge in [0.05, 0.1) is 11.3 Å². The third-order valence-corrected chi connectivity index (χ3v) is 3.28. The number of nitrogens with one attached hydrogen (secondary N) is 2. The minimum absolute atomic E-state index is 0.0525. The molecule has 0 fully saturated rings. The van der Waals surface area contributed by atoms with Gasteiger partial charge in [-0.05, 0) is 38.5 Å². The van der Waals surface area contributed by atoms with Gasteiger partial charge < -0.3 is 15.7 Å². The zero-order valence-corrected chi connectivity index (χ0v) is 13.4. The average molecular weight is 343 g/mol. The lowest BCUT2D eigenvalue weighted by atomic mass is 9.99. The van der Waals surface area contributed by atoms with E-state index in [1.54, 1.807) is 12.1 Å². The van der Waals surface area contributed by atoms with Crippen LogP contribution in [-0.4, -0.2) is 22.6 Å². The molecule has 1 aromatic carbocycles. The van der Waals surface area contributed by atoms with E-state index in [-0.39, 0.29) is 16.8 Å². The maximum Gasteiger partial charge on any atom is 0.337 e. The van der Waals surface area contributed by atoms with Gasteiger partial charge in [-0.3, -0.25) is 0 Å². The molecule has 6 heteroatoms. The quantitative estimate of drug-likeness (QED) is 0.760. The lowest BCUT2D eigenvalue weighted by Gasteiger charge is -2.26. The van der Waals surface area contributed by atoms with Crippen LogP contribution in [0.3, 0.4) is 0 Å². The molecule has 20 heavy (non-hydrogen) atoms. The van der Waals surface area contributed by atoms with E-state index < -0.39 is 12.0 Å². The molecule has 0 atom stereocenters. The summed E-state index contributed by atoms with van der Waals surface area (Å²) in [4.78, 5) is 23.1. The second kappa shape index (κ2) is 6.74. The van der Waals surface area contributed by atoms with Gasteiger partial charge in [0, 0.05) is 10.0 Å². The maximum atomic E-state index is 12.0. The zero-order valence-electron chi connectivity index (χ0n) is 11.8. The molecule has 1 rings (SSSR count). The van der Waals surface area contributed by atoms with Gasteiger partial charge in [0.2, 0.25) is 0 Å². The number of hydrogen-bond donors (Lipinski definition) is 3. The first-order chi connectivity index (χ1) is 9.25. The number of carbonyl (C=O) groups is 2. The molecular formula is C14H19BrN2O3. The smallest absolute Gasteiger partial charge is 0.337 e. The van der Waals surface area contributed by atoms with Crippen molar-refractivity contribution in [2.45, 2.75) is 39.2 Å². The normalized spacial score (nSPS) is 11.0. The van der Waals surface area contributed by atoms with Crippen LogP contribution in [0.5, 0.6) is 0 Å². The van der Waals surface area contributed by atoms with Crippen LogP contribution in [0.25, 0.3) is 0 Å². The van der Waals surface area contributed by atoms with E-state index in [1.807, 2.05) is 20.8 Å². The molecule has 0 heterocycles. The molecule has 0 aliphatic rings. The number of carboxylic acids is 1. The zero-order chi connectivity index (χ0) is 15.3. The van der Waals surface area contributed by atoms with Crippen molar-refractivity contribution in [1.82, 2.24) is 5.32 Å². The van der Waals surface area contributed by atoms with E-state index in [0.717, 1.165) is 12.8 Å². The van der Waals surface area contributed by atoms with Gasteiger partial charge >= 0.3 is 12.0 Å². The Morgan fingerprint density at radius 3 is 2.55 bits per heavy atom. The molecule has 0 aliphatic carbocycles. The summed E-state index contributed by atoms with van der Waals surface area (Å²) in [6, 6.07) is 4.21. The monoisotopic (exact) mass is 342 g/mol. The summed E-state index contributed by atoms with van der Waals surface area (Å²) in [6.07, 6.45) is 1.79. The number of halogens is 1. The number of amides is 2. The number of urea groups is 1. The van der Waals surface area contributed by atoms with E-state index >= 15 is 0 Å². The first-order valence-corrected chi connectivity index (χ1v) is 7.16. The minimum Gasteiger partial charge on any atom is -0.478 e. The van der Waals surface area contributed by atoms with Crippen molar-refractivity contribution in [3.63, 3.8) is 0 Å². The predicted molar refractivity (Wildman–Crippen MR) is 82.2 cm³/mol. The molecule has 0 aromatic heterocycles. The maximum absolute atomic E-state index is 12.0. The number of aromatic carboxylic acids is 1. The van der Waals surface area contributed by atoms with Crippen LogP contribution in [0.15, 0.2) is 22.7 Å². The third kappa shape index (κ3) is 4.85. The molecule has 3 N–H and O–H groups in total. The summed E-state index contributed by atoms with van der Waals surface area (Å²) in [6.45, 7) is 5.89. The van der Waals surface area contributed by atoms with Crippen molar-refractivity contribution in [3.05, 3.63) is 28.2 Å². The molecule has 0 spiro atoms. The number of rotatable bonds is 5. The number of carbonyl (C=O) groups excluding carboxylic acids is 1. The SMILES string of the molecule is CCCC(C)(C)NC(=O)Nc1cc(Br)ccc1C(=O)O. The van der Waals surface area contributed by atoms with Crippen molar-refractivity contribution in [2.24, 2.45) is 0 Å². The minimum atomic E-state index is -1.08. The number of carboxylic acid groups (broad SMARTS) is 1. The fourth-order valence-corrected chi connectivity index (χ4v) is 2.32. The Labute approximate surface area is 126 Å². The molecule has 110 valence electrons. The predicted octanol–water partition coefficient (Wildman–Crippen LogP) is 3.85. The molecule has 0 bridgehead atoms. The van der Waals surface area contributed by atoms with Gasteiger partial charge in [0.1, 0.15) is 0 Å². The highest BCUT2D eigenvalue weighted by molar-refractivity contribution is 9.10. The standard InChI is InChI=1S/C14H19BrN2O3/c1-4-7-14(2,3)17-13(20)16-11-8-9(15)5-6-10(11)12(18)19/h5-6,8H,4,7H2,1-3H3,(H,18,19)(H2,16,17,20). The Morgan fingerprint density at radius 2 is 2.00 bits per heavy atom. The highest BCUT2D eigenvalue weighted by Gasteiger charge is 2.20. The van der Waals surface area contributed by atoms with Crippen LogP contribution < -0.4 is 10.6 Å². The fourth-order valence-electron chi connectivity index (χ4n) is 1.95. The Morgan fingerprint density at radius 1 is 1.35 bits per heavy atom. The van der Waals surface area contributed by atoms with Crippen molar-refractivity contribution in [1.29, 1.82) is 0 Å². The summed E-state index contributed by atoms with van der Waals surface area (Å²) < 4.78 is 0.700. The van der Waals surface area contributed by atoms with Crippen LogP contribution >= 0.6 is 15.9 Å². The first kappa shape index (κ1) is 16.5. The lowest BCUT2D eigenvalue weighted by Crippen LogP contribution is -2.45. The second-order valence-corrected chi connectivity index (χ2v) is 6.12. The van der Waals surface area contributed by atoms with Gasteiger partial charge in [-0.1, -0.05) is 29.3 Å². The van der Waals surface area contributed by atoms with Gasteiger partial charge in [-0.25, -0.2) is 9.59 Å². The van der Waals surface area contributed by atoms with E-state index in [1.165, 1.54) is 6.07 Å². The number of anilines is 1. The Bertz CT molecular complexity index is 515. The molecule has 2 amide bonds. The molecular weight excluding hydrogens is 324 g/mol. The number of hydrogen-bond acceptors (Lipinski definition) is 2. The van der Waals surface area contributed by atoms with Gasteiger partial charge in [0.15, 0.2) is 0 Å². The van der Waals surface area contributed by atoms with Crippen LogP contribution in [0.1, 0.15) is 44.0 Å². The van der Waals surface area contributed by atoms with Crippen molar-refractivity contribution in [2.75, 3.05) is 5.32 Å². The second-order valence-electron chi connectivity index (χ2n) is 5.21. The first-order valence-electron chi connectivity index (χ1n) is 6.37. The molecule has 0 radical (unpaired) electrons. The molecule has 0 aliphatic heterocycles. The van der Waals surface area contributed by atoms with Crippen LogP contribution in [0.2, 0.25) is 0 Å². The summed E-state index contributed by atoms with van der Waals surface area (Å²) in [5, 5.41) is 14.5. The Hall–Kier alpha value is -1.56. The third-order valence-electron chi connectivity index (χ3n) is 2.79. The van der Waals surface area contributed by atoms with Crippen molar-refractivity contribution in [3.8, 4) is 0 Å². The molecule has 0 saturated carbocycles. The average Bonchev–Trinajstić information content (AvgIpc) is 2.26. The Balaban J connectivity index is 2.85. The highest BCUT2D eigenvalue weighted by Crippen LogP contribution is 2.22. The topological polar surface area (TPSA) is 78.4 Å². The summed E-state index contributed by atoms with van der Waals surface area (Å²) in [7, 11) is 0.